The summed E-state index contributed by atoms with van der Waals surface area (Å²) in [5.41, 5.74) is 0.500. The predicted octanol–water partition coefficient (Wildman–Crippen LogP) is 1.53. The van der Waals surface area contributed by atoms with Crippen molar-refractivity contribution in [2.45, 2.75) is 25.9 Å². The highest BCUT2D eigenvalue weighted by Crippen LogP contribution is 2.09. The monoisotopic (exact) mass is 326 g/mol. The number of benzene rings is 1. The molecule has 0 heterocycles. The predicted molar refractivity (Wildman–Crippen MR) is 82.6 cm³/mol. The van der Waals surface area contributed by atoms with E-state index in [0.717, 1.165) is 0 Å². The van der Waals surface area contributed by atoms with E-state index in [9.17, 15) is 14.4 Å². The number of carbonyl (C=O) groups is 3. The van der Waals surface area contributed by atoms with Crippen LogP contribution in [-0.2, 0) is 14.3 Å². The first-order chi connectivity index (χ1) is 10.4. The van der Waals surface area contributed by atoms with E-state index in [2.05, 4.69) is 10.6 Å². The third-order valence-corrected chi connectivity index (χ3v) is 3.13. The Bertz CT molecular complexity index is 531. The highest BCUT2D eigenvalue weighted by Gasteiger charge is 2.15. The molecule has 0 saturated heterocycles. The standard InChI is InChI=1S/C15H19ClN2O4/c1-10(14(20)17-2)22-13(19)4-3-9-18-15(21)11-5-7-12(16)8-6-11/h5-8,10H,3-4,9H2,1-2H3,(H,17,20)(H,18,21)/t10-/m1/s1. The van der Waals surface area contributed by atoms with Gasteiger partial charge in [-0.1, -0.05) is 11.6 Å². The lowest BCUT2D eigenvalue weighted by Crippen LogP contribution is -2.33. The van der Waals surface area contributed by atoms with Gasteiger partial charge in [0.25, 0.3) is 11.8 Å². The van der Waals surface area contributed by atoms with Crippen LogP contribution in [0.5, 0.6) is 0 Å². The number of rotatable bonds is 7. The summed E-state index contributed by atoms with van der Waals surface area (Å²) in [5, 5.41) is 5.64. The Morgan fingerprint density at radius 3 is 2.45 bits per heavy atom. The molecule has 120 valence electrons. The fraction of sp³-hybridized carbons (Fsp3) is 0.400. The summed E-state index contributed by atoms with van der Waals surface area (Å²) >= 11 is 5.74. The molecule has 1 atom stereocenters. The van der Waals surface area contributed by atoms with Gasteiger partial charge in [0.1, 0.15) is 0 Å². The van der Waals surface area contributed by atoms with E-state index < -0.39 is 12.1 Å². The van der Waals surface area contributed by atoms with E-state index in [1.807, 2.05) is 0 Å². The Balaban J connectivity index is 2.24. The Hall–Kier alpha value is -2.08. The highest BCUT2D eigenvalue weighted by atomic mass is 35.5. The van der Waals surface area contributed by atoms with Crippen LogP contribution in [-0.4, -0.2) is 37.5 Å². The van der Waals surface area contributed by atoms with Gasteiger partial charge in [0.2, 0.25) is 0 Å². The van der Waals surface area contributed by atoms with Crippen molar-refractivity contribution in [3.8, 4) is 0 Å². The van der Waals surface area contributed by atoms with Crippen molar-refractivity contribution in [2.75, 3.05) is 13.6 Å². The SMILES string of the molecule is CNC(=O)[C@@H](C)OC(=O)CCCNC(=O)c1ccc(Cl)cc1. The molecule has 0 aromatic heterocycles. The van der Waals surface area contributed by atoms with Crippen LogP contribution in [0.4, 0.5) is 0 Å². The first-order valence-electron chi connectivity index (χ1n) is 6.89. The number of likely N-dealkylation sites (N-methyl/N-ethyl adjacent to an activating group) is 1. The second-order valence-electron chi connectivity index (χ2n) is 4.61. The lowest BCUT2D eigenvalue weighted by atomic mass is 10.2. The van der Waals surface area contributed by atoms with Gasteiger partial charge in [-0.25, -0.2) is 0 Å². The molecule has 7 heteroatoms. The van der Waals surface area contributed by atoms with Crippen LogP contribution in [0.1, 0.15) is 30.1 Å². The summed E-state index contributed by atoms with van der Waals surface area (Å²) in [6.07, 6.45) is -0.262. The molecule has 0 spiro atoms. The van der Waals surface area contributed by atoms with Crippen LogP contribution in [0.2, 0.25) is 5.02 Å². The molecule has 0 aliphatic rings. The zero-order valence-electron chi connectivity index (χ0n) is 12.5. The molecule has 1 aromatic carbocycles. The summed E-state index contributed by atoms with van der Waals surface area (Å²) < 4.78 is 4.93. The average Bonchev–Trinajstić information content (AvgIpc) is 2.51. The second-order valence-corrected chi connectivity index (χ2v) is 5.05. The second kappa shape index (κ2) is 9.04. The number of nitrogens with one attached hydrogen (secondary N) is 2. The first kappa shape index (κ1) is 18.0. The van der Waals surface area contributed by atoms with E-state index in [4.69, 9.17) is 16.3 Å². The average molecular weight is 327 g/mol. The van der Waals surface area contributed by atoms with E-state index in [1.54, 1.807) is 24.3 Å². The molecule has 6 nitrogen and oxygen atoms in total. The van der Waals surface area contributed by atoms with Gasteiger partial charge in [0.05, 0.1) is 0 Å². The fourth-order valence-corrected chi connectivity index (χ4v) is 1.78. The molecule has 1 rings (SSSR count). The van der Waals surface area contributed by atoms with Gasteiger partial charge in [-0.05, 0) is 37.6 Å². The van der Waals surface area contributed by atoms with Crippen molar-refractivity contribution in [1.29, 1.82) is 0 Å². The zero-order chi connectivity index (χ0) is 16.5. The molecule has 2 amide bonds. The Kier molecular flexibility index (Phi) is 7.39. The summed E-state index contributed by atoms with van der Waals surface area (Å²) in [7, 11) is 1.47. The van der Waals surface area contributed by atoms with Gasteiger partial charge < -0.3 is 15.4 Å². The lowest BCUT2D eigenvalue weighted by molar-refractivity contribution is -0.154. The Labute approximate surface area is 134 Å². The molecule has 2 N–H and O–H groups in total. The van der Waals surface area contributed by atoms with Crippen molar-refractivity contribution in [2.24, 2.45) is 0 Å². The number of esters is 1. The van der Waals surface area contributed by atoms with Crippen LogP contribution in [0.25, 0.3) is 0 Å². The molecule has 0 fully saturated rings. The van der Waals surface area contributed by atoms with E-state index >= 15 is 0 Å². The van der Waals surface area contributed by atoms with Crippen molar-refractivity contribution in [3.63, 3.8) is 0 Å². The maximum absolute atomic E-state index is 11.8. The smallest absolute Gasteiger partial charge is 0.306 e. The quantitative estimate of drug-likeness (QED) is 0.588. The third kappa shape index (κ3) is 6.13. The number of hydrogen-bond acceptors (Lipinski definition) is 4. The van der Waals surface area contributed by atoms with Gasteiger partial charge in [-0.3, -0.25) is 14.4 Å². The van der Waals surface area contributed by atoms with Crippen molar-refractivity contribution < 1.29 is 19.1 Å². The minimum absolute atomic E-state index is 0.127. The van der Waals surface area contributed by atoms with Crippen molar-refractivity contribution >= 4 is 29.4 Å². The number of carbonyl (C=O) groups excluding carboxylic acids is 3. The summed E-state index contributed by atoms with van der Waals surface area (Å²) in [5.74, 6) is -1.06. The van der Waals surface area contributed by atoms with Crippen molar-refractivity contribution in [3.05, 3.63) is 34.9 Å². The van der Waals surface area contributed by atoms with E-state index in [-0.39, 0.29) is 18.2 Å². The molecule has 0 bridgehead atoms. The first-order valence-corrected chi connectivity index (χ1v) is 7.26. The maximum Gasteiger partial charge on any atom is 0.306 e. The van der Waals surface area contributed by atoms with Crippen LogP contribution in [0.3, 0.4) is 0 Å². The minimum atomic E-state index is -0.818. The molecule has 1 aromatic rings. The fourth-order valence-electron chi connectivity index (χ4n) is 1.65. The molecule has 22 heavy (non-hydrogen) atoms. The third-order valence-electron chi connectivity index (χ3n) is 2.87. The van der Waals surface area contributed by atoms with Gasteiger partial charge in [-0.2, -0.15) is 0 Å². The van der Waals surface area contributed by atoms with E-state index in [1.165, 1.54) is 14.0 Å². The number of ether oxygens (including phenoxy) is 1. The maximum atomic E-state index is 11.8. The van der Waals surface area contributed by atoms with Gasteiger partial charge in [0, 0.05) is 30.6 Å². The van der Waals surface area contributed by atoms with Crippen LogP contribution < -0.4 is 10.6 Å². The van der Waals surface area contributed by atoms with Crippen molar-refractivity contribution in [1.82, 2.24) is 10.6 Å². The lowest BCUT2D eigenvalue weighted by Gasteiger charge is -2.11. The number of amides is 2. The van der Waals surface area contributed by atoms with Crippen LogP contribution in [0, 0.1) is 0 Å². The van der Waals surface area contributed by atoms with E-state index in [0.29, 0.717) is 23.6 Å². The largest absolute Gasteiger partial charge is 0.453 e. The molecule has 0 saturated carbocycles. The summed E-state index contributed by atoms with van der Waals surface area (Å²) in [4.78, 5) is 34.5. The normalized spacial score (nSPS) is 11.4. The molecule has 0 aliphatic heterocycles. The minimum Gasteiger partial charge on any atom is -0.453 e. The van der Waals surface area contributed by atoms with Crippen LogP contribution in [0.15, 0.2) is 24.3 Å². The molecular formula is C15H19ClN2O4. The Morgan fingerprint density at radius 1 is 1.23 bits per heavy atom. The topological polar surface area (TPSA) is 84.5 Å². The highest BCUT2D eigenvalue weighted by molar-refractivity contribution is 6.30. The van der Waals surface area contributed by atoms with Gasteiger partial charge in [0.15, 0.2) is 6.10 Å². The molecule has 0 unspecified atom stereocenters. The molecular weight excluding hydrogens is 308 g/mol. The van der Waals surface area contributed by atoms with Gasteiger partial charge >= 0.3 is 5.97 Å². The zero-order valence-corrected chi connectivity index (χ0v) is 13.3. The van der Waals surface area contributed by atoms with Gasteiger partial charge in [-0.15, -0.1) is 0 Å². The summed E-state index contributed by atoms with van der Waals surface area (Å²) in [6.45, 7) is 1.84. The number of halogens is 1. The van der Waals surface area contributed by atoms with Crippen LogP contribution >= 0.6 is 11.6 Å². The number of hydrogen-bond donors (Lipinski definition) is 2. The Morgan fingerprint density at radius 2 is 1.86 bits per heavy atom. The molecule has 0 aliphatic carbocycles. The summed E-state index contributed by atoms with van der Waals surface area (Å²) in [6, 6.07) is 6.51. The molecule has 0 radical (unpaired) electrons.